The highest BCUT2D eigenvalue weighted by molar-refractivity contribution is 6.66. The van der Waals surface area contributed by atoms with E-state index in [1.54, 1.807) is 12.4 Å². The number of benzene rings is 1. The molecule has 4 rings (SSSR count). The second kappa shape index (κ2) is 8.09. The minimum atomic E-state index is -2.86. The summed E-state index contributed by atoms with van der Waals surface area (Å²) in [6, 6.07) is 5.29. The van der Waals surface area contributed by atoms with Crippen LogP contribution in [-0.4, -0.2) is 102 Å². The second-order valence-corrected chi connectivity index (χ2v) is 10.7. The SMILES string of the molecule is BC(B)(B)N(c1cnc2nn(-c3cc(NC(=O)N4CC(F)(F)C4)ccc3F)cc2c1)C(B)(B)B. The van der Waals surface area contributed by atoms with E-state index in [2.05, 4.69) is 67.4 Å². The number of likely N-dealkylation sites (tertiary alicyclic amines) is 1. The molecule has 0 bridgehead atoms. The molecule has 7 nitrogen and oxygen atoms in total. The van der Waals surface area contributed by atoms with Crippen LogP contribution in [0.5, 0.6) is 0 Å². The fourth-order valence-electron chi connectivity index (χ4n) is 4.55. The number of rotatable bonds is 5. The van der Waals surface area contributed by atoms with Crippen molar-refractivity contribution in [2.24, 2.45) is 0 Å². The van der Waals surface area contributed by atoms with Gasteiger partial charge in [-0.2, -0.15) is 0 Å². The first-order valence-electron chi connectivity index (χ1n) is 11.0. The molecule has 0 radical (unpaired) electrons. The smallest absolute Gasteiger partial charge is 0.322 e. The highest BCUT2D eigenvalue weighted by Gasteiger charge is 2.46. The number of nitrogens with zero attached hydrogens (tertiary/aromatic N) is 5. The van der Waals surface area contributed by atoms with Crippen molar-refractivity contribution in [1.29, 1.82) is 0 Å². The number of aromatic nitrogens is 3. The normalized spacial score (nSPS) is 15.7. The summed E-state index contributed by atoms with van der Waals surface area (Å²) in [4.78, 5) is 19.9. The third-order valence-corrected chi connectivity index (χ3v) is 5.52. The van der Waals surface area contributed by atoms with Crippen LogP contribution in [0.1, 0.15) is 0 Å². The molecule has 34 heavy (non-hydrogen) atoms. The number of pyridine rings is 1. The fraction of sp³-hybridized carbons (Fsp3) is 0.278. The minimum absolute atomic E-state index is 0.106. The average Bonchev–Trinajstić information content (AvgIpc) is 3.08. The lowest BCUT2D eigenvalue weighted by Crippen LogP contribution is -2.64. The maximum absolute atomic E-state index is 14.7. The first-order valence-corrected chi connectivity index (χ1v) is 11.0. The van der Waals surface area contributed by atoms with Gasteiger partial charge >= 0.3 is 6.03 Å². The monoisotopic (exact) mass is 462 g/mol. The topological polar surface area (TPSA) is 66.3 Å². The van der Waals surface area contributed by atoms with Gasteiger partial charge < -0.3 is 15.1 Å². The maximum Gasteiger partial charge on any atom is 0.322 e. The van der Waals surface area contributed by atoms with Gasteiger partial charge in [-0.25, -0.2) is 27.6 Å². The number of alkyl halides is 2. The number of fused-ring (bicyclic) bond motifs is 1. The van der Waals surface area contributed by atoms with Crippen LogP contribution in [0.4, 0.5) is 29.3 Å². The fourth-order valence-corrected chi connectivity index (χ4v) is 4.55. The number of carbonyl (C=O) groups excluding carboxylic acids is 1. The number of hydrogen-bond donors (Lipinski definition) is 1. The Bertz CT molecular complexity index is 1240. The van der Waals surface area contributed by atoms with Crippen LogP contribution in [0.15, 0.2) is 36.7 Å². The summed E-state index contributed by atoms with van der Waals surface area (Å²) in [7, 11) is 12.8. The molecule has 1 aliphatic rings. The molecule has 1 N–H and O–H groups in total. The van der Waals surface area contributed by atoms with Gasteiger partial charge in [0, 0.05) is 17.3 Å². The van der Waals surface area contributed by atoms with E-state index in [4.69, 9.17) is 0 Å². The van der Waals surface area contributed by atoms with E-state index >= 15 is 0 Å². The summed E-state index contributed by atoms with van der Waals surface area (Å²) in [6.45, 7) is -1.27. The van der Waals surface area contributed by atoms with Crippen LogP contribution in [0.2, 0.25) is 0 Å². The molecular formula is C18H23B6F3N6O. The largest absolute Gasteiger partial charge is 0.406 e. The summed E-state index contributed by atoms with van der Waals surface area (Å²) in [5.74, 6) is -3.41. The molecule has 0 spiro atoms. The highest BCUT2D eigenvalue weighted by atomic mass is 19.3. The van der Waals surface area contributed by atoms with Crippen LogP contribution >= 0.6 is 0 Å². The molecule has 0 unspecified atom stereocenters. The number of carbonyl (C=O) groups is 1. The van der Waals surface area contributed by atoms with Gasteiger partial charge in [0.25, 0.3) is 5.92 Å². The molecule has 0 saturated carbocycles. The summed E-state index contributed by atoms with van der Waals surface area (Å²) in [6.07, 6.45) is 3.43. The molecule has 1 fully saturated rings. The Morgan fingerprint density at radius 3 is 2.32 bits per heavy atom. The van der Waals surface area contributed by atoms with E-state index in [0.717, 1.165) is 16.0 Å². The van der Waals surface area contributed by atoms with Crippen LogP contribution in [-0.2, 0) is 0 Å². The number of nitrogens with one attached hydrogen (secondary N) is 1. The van der Waals surface area contributed by atoms with Gasteiger partial charge in [0.15, 0.2) is 5.65 Å². The van der Waals surface area contributed by atoms with Crippen molar-refractivity contribution < 1.29 is 18.0 Å². The van der Waals surface area contributed by atoms with E-state index in [1.165, 1.54) is 22.9 Å². The third kappa shape index (κ3) is 4.81. The van der Waals surface area contributed by atoms with Crippen molar-refractivity contribution in [3.8, 4) is 5.69 Å². The lowest BCUT2D eigenvalue weighted by Gasteiger charge is -2.49. The van der Waals surface area contributed by atoms with Gasteiger partial charge in [-0.15, -0.1) is 5.10 Å². The molecule has 3 heterocycles. The molecule has 0 aliphatic carbocycles. The van der Waals surface area contributed by atoms with Crippen LogP contribution < -0.4 is 10.2 Å². The zero-order valence-electron chi connectivity index (χ0n) is 20.2. The van der Waals surface area contributed by atoms with Crippen LogP contribution in [0.3, 0.4) is 0 Å². The molecule has 2 amide bonds. The summed E-state index contributed by atoms with van der Waals surface area (Å²) < 4.78 is 42.1. The zero-order valence-corrected chi connectivity index (χ0v) is 20.2. The highest BCUT2D eigenvalue weighted by Crippen LogP contribution is 2.29. The molecule has 2 aromatic heterocycles. The van der Waals surface area contributed by atoms with Gasteiger partial charge in [-0.1, -0.05) is 0 Å². The van der Waals surface area contributed by atoms with Gasteiger partial charge in [-0.05, 0) is 34.7 Å². The minimum Gasteiger partial charge on any atom is -0.406 e. The number of anilines is 2. The first kappa shape index (κ1) is 24.2. The lowest BCUT2D eigenvalue weighted by atomic mass is 9.40. The Kier molecular flexibility index (Phi) is 5.77. The summed E-state index contributed by atoms with van der Waals surface area (Å²) in [5.41, 5.74) is 1.74. The third-order valence-electron chi connectivity index (χ3n) is 5.52. The molecule has 16 heteroatoms. The van der Waals surface area contributed by atoms with E-state index in [0.29, 0.717) is 5.65 Å². The molecule has 0 atom stereocenters. The van der Waals surface area contributed by atoms with Gasteiger partial charge in [0.05, 0.1) is 25.0 Å². The second-order valence-electron chi connectivity index (χ2n) is 10.7. The first-order chi connectivity index (χ1) is 15.6. The van der Waals surface area contributed by atoms with E-state index < -0.39 is 30.9 Å². The quantitative estimate of drug-likeness (QED) is 0.409. The lowest BCUT2D eigenvalue weighted by molar-refractivity contribution is -0.107. The van der Waals surface area contributed by atoms with Crippen molar-refractivity contribution in [2.45, 2.75) is 16.4 Å². The standard InChI is InChI=1S/C18H23B6F3N6O/c19-17(20,21)33(18(22,23)24)11-3-9-6-32(30-14(9)28-5-11)13-4-10(1-2-12(13)25)29-15(34)31-7-16(26,27)8-31/h1-6H,7-8,19-24H2,(H,29,34). The molecule has 170 valence electrons. The predicted molar refractivity (Wildman–Crippen MR) is 144 cm³/mol. The van der Waals surface area contributed by atoms with Crippen molar-refractivity contribution in [2.75, 3.05) is 23.3 Å². The van der Waals surface area contributed by atoms with Gasteiger partial charge in [0.2, 0.25) is 0 Å². The molecular weight excluding hydrogens is 438 g/mol. The number of hydrogen-bond acceptors (Lipinski definition) is 4. The summed E-state index contributed by atoms with van der Waals surface area (Å²) in [5, 5.41) is 7.33. The average molecular weight is 461 g/mol. The maximum atomic E-state index is 14.7. The van der Waals surface area contributed by atoms with Crippen LogP contribution in [0.25, 0.3) is 16.7 Å². The molecule has 1 aromatic carbocycles. The molecule has 3 aromatic rings. The van der Waals surface area contributed by atoms with Crippen molar-refractivity contribution in [3.05, 3.63) is 42.5 Å². The Hall–Kier alpha value is -2.91. The summed E-state index contributed by atoms with van der Waals surface area (Å²) >= 11 is 0. The number of urea groups is 1. The Labute approximate surface area is 201 Å². The van der Waals surface area contributed by atoms with Crippen LogP contribution in [0, 0.1) is 5.82 Å². The molecule has 1 aliphatic heterocycles. The van der Waals surface area contributed by atoms with Crippen molar-refractivity contribution in [3.63, 3.8) is 0 Å². The Balaban J connectivity index is 1.64. The van der Waals surface area contributed by atoms with Crippen molar-refractivity contribution >= 4 is 75.5 Å². The number of halogens is 3. The van der Waals surface area contributed by atoms with E-state index in [1.807, 2.05) is 6.07 Å². The van der Waals surface area contributed by atoms with E-state index in [-0.39, 0.29) is 21.8 Å². The number of amides is 2. The van der Waals surface area contributed by atoms with Gasteiger partial charge in [0.1, 0.15) is 58.6 Å². The van der Waals surface area contributed by atoms with E-state index in [9.17, 15) is 18.0 Å². The molecule has 1 saturated heterocycles. The van der Waals surface area contributed by atoms with Crippen molar-refractivity contribution in [1.82, 2.24) is 19.7 Å². The Morgan fingerprint density at radius 1 is 1.09 bits per heavy atom. The predicted octanol–water partition coefficient (Wildman–Crippen LogP) is -3.13. The van der Waals surface area contributed by atoms with Gasteiger partial charge in [-0.3, -0.25) is 0 Å². The Morgan fingerprint density at radius 2 is 1.74 bits per heavy atom. The zero-order chi connectivity index (χ0) is 25.1.